The van der Waals surface area contributed by atoms with Gasteiger partial charge in [-0.25, -0.2) is 4.39 Å². The lowest BCUT2D eigenvalue weighted by Gasteiger charge is -2.35. The molecule has 1 heterocycles. The summed E-state index contributed by atoms with van der Waals surface area (Å²) in [7, 11) is 1.60. The summed E-state index contributed by atoms with van der Waals surface area (Å²) in [5.74, 6) is 0.0939. The van der Waals surface area contributed by atoms with E-state index in [9.17, 15) is 14.4 Å². The van der Waals surface area contributed by atoms with E-state index in [1.165, 1.54) is 12.1 Å². The topological polar surface area (TPSA) is 68.6 Å². The number of amides is 1. The molecule has 0 aliphatic carbocycles. The third kappa shape index (κ3) is 5.48. The third-order valence-electron chi connectivity index (χ3n) is 4.79. The maximum Gasteiger partial charge on any atom is 0.263 e. The van der Waals surface area contributed by atoms with Gasteiger partial charge in [0, 0.05) is 44.6 Å². The summed E-state index contributed by atoms with van der Waals surface area (Å²) in [5.41, 5.74) is 1.96. The van der Waals surface area contributed by atoms with Crippen LogP contribution in [0, 0.1) is 17.1 Å². The highest BCUT2D eigenvalue weighted by Crippen LogP contribution is 2.17. The number of piperazine rings is 1. The average Bonchev–Trinajstić information content (AvgIpc) is 2.77. The average molecular weight is 394 g/mol. The summed E-state index contributed by atoms with van der Waals surface area (Å²) in [6.07, 6.45) is 1.62. The number of anilines is 1. The van der Waals surface area contributed by atoms with E-state index in [0.29, 0.717) is 19.6 Å². The Morgan fingerprint density at radius 3 is 2.38 bits per heavy atom. The molecule has 3 rings (SSSR count). The maximum atomic E-state index is 13.1. The number of hydrogen-bond donors (Lipinski definition) is 1. The smallest absolute Gasteiger partial charge is 0.263 e. The normalized spacial score (nSPS) is 14.3. The Hall–Kier alpha value is -3.53. The molecule has 0 aromatic heterocycles. The molecule has 1 saturated heterocycles. The van der Waals surface area contributed by atoms with Gasteiger partial charge in [-0.1, -0.05) is 12.1 Å². The Kier molecular flexibility index (Phi) is 6.69. The van der Waals surface area contributed by atoms with Gasteiger partial charge in [-0.2, -0.15) is 5.26 Å². The zero-order valence-electron chi connectivity index (χ0n) is 16.3. The molecule has 1 amide bonds. The minimum atomic E-state index is -0.399. The van der Waals surface area contributed by atoms with E-state index in [0.717, 1.165) is 30.1 Å². The van der Waals surface area contributed by atoms with E-state index >= 15 is 0 Å². The van der Waals surface area contributed by atoms with Gasteiger partial charge in [0.2, 0.25) is 0 Å². The molecule has 2 aromatic rings. The number of carbonyl (C=O) groups is 1. The van der Waals surface area contributed by atoms with E-state index < -0.39 is 5.91 Å². The number of methoxy groups -OCH3 is 1. The Balaban J connectivity index is 1.53. The Labute approximate surface area is 169 Å². The second-order valence-corrected chi connectivity index (χ2v) is 6.68. The molecule has 1 aliphatic rings. The first-order valence-electron chi connectivity index (χ1n) is 9.36. The summed E-state index contributed by atoms with van der Waals surface area (Å²) in [5, 5.41) is 12.2. The molecule has 0 bridgehead atoms. The van der Waals surface area contributed by atoms with Crippen molar-refractivity contribution < 1.29 is 13.9 Å². The predicted octanol–water partition coefficient (Wildman–Crippen LogP) is 2.68. The molecular formula is C22H23FN4O2. The van der Waals surface area contributed by atoms with Crippen molar-refractivity contribution >= 4 is 11.6 Å². The van der Waals surface area contributed by atoms with Gasteiger partial charge in [0.1, 0.15) is 23.2 Å². The van der Waals surface area contributed by atoms with Gasteiger partial charge in [-0.3, -0.25) is 4.79 Å². The van der Waals surface area contributed by atoms with Gasteiger partial charge in [-0.05, 0) is 42.0 Å². The Morgan fingerprint density at radius 1 is 1.14 bits per heavy atom. The number of nitrogens with zero attached hydrogens (tertiary/aromatic N) is 3. The molecule has 29 heavy (non-hydrogen) atoms. The minimum Gasteiger partial charge on any atom is -0.497 e. The largest absolute Gasteiger partial charge is 0.497 e. The van der Waals surface area contributed by atoms with Crippen LogP contribution >= 0.6 is 0 Å². The van der Waals surface area contributed by atoms with Crippen LogP contribution in [0.3, 0.4) is 0 Å². The number of carbonyl (C=O) groups excluding carboxylic acids is 1. The first kappa shape index (κ1) is 20.2. The Morgan fingerprint density at radius 2 is 1.79 bits per heavy atom. The summed E-state index contributed by atoms with van der Waals surface area (Å²) in [6.45, 7) is 3.14. The highest BCUT2D eigenvalue weighted by molar-refractivity contribution is 5.97. The highest BCUT2D eigenvalue weighted by Gasteiger charge is 2.17. The van der Waals surface area contributed by atoms with Crippen molar-refractivity contribution in [1.29, 1.82) is 5.26 Å². The number of ether oxygens (including phenoxy) is 1. The predicted molar refractivity (Wildman–Crippen MR) is 109 cm³/mol. The lowest BCUT2D eigenvalue weighted by atomic mass is 10.2. The number of nitrogens with one attached hydrogen (secondary N) is 1. The lowest BCUT2D eigenvalue weighted by Crippen LogP contribution is -2.44. The van der Waals surface area contributed by atoms with Gasteiger partial charge in [-0.15, -0.1) is 0 Å². The monoisotopic (exact) mass is 394 g/mol. The van der Waals surface area contributed by atoms with Gasteiger partial charge in [0.25, 0.3) is 5.91 Å². The number of halogens is 1. The summed E-state index contributed by atoms with van der Waals surface area (Å²) >= 11 is 0. The van der Waals surface area contributed by atoms with Crippen molar-refractivity contribution in [3.05, 3.63) is 71.7 Å². The summed E-state index contributed by atoms with van der Waals surface area (Å²) < 4.78 is 18.2. The van der Waals surface area contributed by atoms with Crippen LogP contribution in [0.2, 0.25) is 0 Å². The molecule has 0 spiro atoms. The fraction of sp³-hybridized carbons (Fsp3) is 0.273. The standard InChI is InChI=1S/C22H23FN4O2/c1-29-21-8-2-17(3-9-21)15-25-22(28)18(14-24)16-26-10-12-27(13-11-26)20-6-4-19(23)5-7-20/h2-9,16H,10-13,15H2,1H3,(H,25,28)/b18-16-. The van der Waals surface area contributed by atoms with Crippen molar-refractivity contribution in [2.24, 2.45) is 0 Å². The quantitative estimate of drug-likeness (QED) is 0.603. The lowest BCUT2D eigenvalue weighted by molar-refractivity contribution is -0.117. The number of nitriles is 1. The second-order valence-electron chi connectivity index (χ2n) is 6.68. The maximum absolute atomic E-state index is 13.1. The van der Waals surface area contributed by atoms with Gasteiger partial charge in [0.05, 0.1) is 7.11 Å². The van der Waals surface area contributed by atoms with Crippen molar-refractivity contribution in [3.8, 4) is 11.8 Å². The third-order valence-corrected chi connectivity index (χ3v) is 4.79. The molecule has 0 radical (unpaired) electrons. The molecule has 6 nitrogen and oxygen atoms in total. The van der Waals surface area contributed by atoms with Crippen LogP contribution in [-0.2, 0) is 11.3 Å². The number of rotatable bonds is 6. The van der Waals surface area contributed by atoms with E-state index in [1.807, 2.05) is 35.2 Å². The van der Waals surface area contributed by atoms with Crippen LogP contribution in [0.4, 0.5) is 10.1 Å². The highest BCUT2D eigenvalue weighted by atomic mass is 19.1. The molecule has 0 atom stereocenters. The van der Waals surface area contributed by atoms with Crippen LogP contribution in [0.25, 0.3) is 0 Å². The first-order valence-corrected chi connectivity index (χ1v) is 9.36. The summed E-state index contributed by atoms with van der Waals surface area (Å²) in [4.78, 5) is 16.5. The molecule has 7 heteroatoms. The Bertz CT molecular complexity index is 896. The zero-order chi connectivity index (χ0) is 20.6. The fourth-order valence-electron chi connectivity index (χ4n) is 3.10. The SMILES string of the molecule is COc1ccc(CNC(=O)/C(C#N)=C\N2CCN(c3ccc(F)cc3)CC2)cc1. The van der Waals surface area contributed by atoms with Crippen LogP contribution in [0.1, 0.15) is 5.56 Å². The van der Waals surface area contributed by atoms with E-state index in [2.05, 4.69) is 10.2 Å². The van der Waals surface area contributed by atoms with Crippen molar-refractivity contribution in [1.82, 2.24) is 10.2 Å². The molecule has 1 aliphatic heterocycles. The fourth-order valence-corrected chi connectivity index (χ4v) is 3.10. The molecule has 0 unspecified atom stereocenters. The molecule has 1 fully saturated rings. The first-order chi connectivity index (χ1) is 14.1. The van der Waals surface area contributed by atoms with Crippen molar-refractivity contribution in [3.63, 3.8) is 0 Å². The second kappa shape index (κ2) is 9.60. The van der Waals surface area contributed by atoms with Gasteiger partial charge < -0.3 is 19.9 Å². The minimum absolute atomic E-state index is 0.0775. The van der Waals surface area contributed by atoms with E-state index in [4.69, 9.17) is 4.74 Å². The molecule has 0 saturated carbocycles. The number of benzene rings is 2. The molecule has 2 aromatic carbocycles. The van der Waals surface area contributed by atoms with E-state index in [-0.39, 0.29) is 11.4 Å². The van der Waals surface area contributed by atoms with Crippen LogP contribution < -0.4 is 15.0 Å². The zero-order valence-corrected chi connectivity index (χ0v) is 16.3. The van der Waals surface area contributed by atoms with Crippen molar-refractivity contribution in [2.75, 3.05) is 38.2 Å². The van der Waals surface area contributed by atoms with Gasteiger partial charge in [0.15, 0.2) is 0 Å². The molecular weight excluding hydrogens is 371 g/mol. The number of hydrogen-bond acceptors (Lipinski definition) is 5. The molecule has 1 N–H and O–H groups in total. The summed E-state index contributed by atoms with van der Waals surface area (Å²) in [6, 6.07) is 15.8. The molecule has 150 valence electrons. The van der Waals surface area contributed by atoms with Crippen LogP contribution in [-0.4, -0.2) is 44.1 Å². The van der Waals surface area contributed by atoms with Crippen LogP contribution in [0.15, 0.2) is 60.3 Å². The van der Waals surface area contributed by atoms with Gasteiger partial charge >= 0.3 is 0 Å². The van der Waals surface area contributed by atoms with Crippen molar-refractivity contribution in [2.45, 2.75) is 6.54 Å². The van der Waals surface area contributed by atoms with Crippen LogP contribution in [0.5, 0.6) is 5.75 Å². The van der Waals surface area contributed by atoms with E-state index in [1.54, 1.807) is 25.4 Å².